The van der Waals surface area contributed by atoms with Crippen LogP contribution in [0.5, 0.6) is 0 Å². The van der Waals surface area contributed by atoms with E-state index in [9.17, 15) is 4.79 Å². The van der Waals surface area contributed by atoms with Gasteiger partial charge < -0.3 is 9.16 Å². The van der Waals surface area contributed by atoms with E-state index in [-0.39, 0.29) is 5.97 Å². The van der Waals surface area contributed by atoms with Crippen molar-refractivity contribution in [3.63, 3.8) is 0 Å². The Kier molecular flexibility index (Phi) is 4.68. The van der Waals surface area contributed by atoms with Crippen molar-refractivity contribution < 1.29 is 14.0 Å². The average Bonchev–Trinajstić information content (AvgIpc) is 3.24. The molecule has 5 heteroatoms. The lowest BCUT2D eigenvalue weighted by atomic mass is 9.88. The van der Waals surface area contributed by atoms with Crippen LogP contribution in [0.3, 0.4) is 0 Å². The minimum atomic E-state index is -1.92. The second-order valence-electron chi connectivity index (χ2n) is 7.49. The van der Waals surface area contributed by atoms with Crippen LogP contribution in [0.2, 0.25) is 19.6 Å². The SMILES string of the molecule is COC(=O)[C@]1(c2ccc(Br)cc2)C[C@]1(O[Si](C)(C)C)c1ccccc1. The molecule has 25 heavy (non-hydrogen) atoms. The van der Waals surface area contributed by atoms with Crippen LogP contribution in [-0.2, 0) is 25.0 Å². The minimum absolute atomic E-state index is 0.239. The van der Waals surface area contributed by atoms with Gasteiger partial charge in [-0.25, -0.2) is 0 Å². The monoisotopic (exact) mass is 418 g/mol. The summed E-state index contributed by atoms with van der Waals surface area (Å²) < 4.78 is 12.9. The second-order valence-corrected chi connectivity index (χ2v) is 12.8. The van der Waals surface area contributed by atoms with E-state index < -0.39 is 19.3 Å². The van der Waals surface area contributed by atoms with Crippen LogP contribution < -0.4 is 0 Å². The van der Waals surface area contributed by atoms with Crippen LogP contribution in [0, 0.1) is 0 Å². The van der Waals surface area contributed by atoms with Gasteiger partial charge in [0.15, 0.2) is 8.32 Å². The maximum atomic E-state index is 13.0. The zero-order valence-corrected chi connectivity index (χ0v) is 17.6. The van der Waals surface area contributed by atoms with Gasteiger partial charge in [-0.1, -0.05) is 58.4 Å². The molecule has 0 saturated heterocycles. The van der Waals surface area contributed by atoms with E-state index in [1.165, 1.54) is 7.11 Å². The molecular formula is C20H23BrO3Si. The van der Waals surface area contributed by atoms with Crippen LogP contribution in [-0.4, -0.2) is 21.4 Å². The Labute approximate surface area is 158 Å². The van der Waals surface area contributed by atoms with Crippen molar-refractivity contribution in [2.75, 3.05) is 7.11 Å². The van der Waals surface area contributed by atoms with Crippen molar-refractivity contribution in [2.24, 2.45) is 0 Å². The maximum absolute atomic E-state index is 13.0. The molecule has 3 rings (SSSR count). The van der Waals surface area contributed by atoms with Gasteiger partial charge >= 0.3 is 5.97 Å². The summed E-state index contributed by atoms with van der Waals surface area (Å²) in [5.74, 6) is -0.239. The van der Waals surface area contributed by atoms with Crippen LogP contribution in [0.15, 0.2) is 59.1 Å². The Balaban J connectivity index is 2.18. The first-order valence-electron chi connectivity index (χ1n) is 8.35. The molecule has 0 radical (unpaired) electrons. The van der Waals surface area contributed by atoms with Gasteiger partial charge in [0.2, 0.25) is 0 Å². The van der Waals surface area contributed by atoms with Gasteiger partial charge in [-0.3, -0.25) is 4.79 Å². The molecule has 0 amide bonds. The van der Waals surface area contributed by atoms with Gasteiger partial charge in [-0.15, -0.1) is 0 Å². The fraction of sp³-hybridized carbons (Fsp3) is 0.350. The molecule has 1 saturated carbocycles. The van der Waals surface area contributed by atoms with E-state index >= 15 is 0 Å². The zero-order valence-electron chi connectivity index (χ0n) is 15.0. The number of carbonyl (C=O) groups excluding carboxylic acids is 1. The Bertz CT molecular complexity index is 770. The molecule has 1 fully saturated rings. The number of carbonyl (C=O) groups is 1. The lowest BCUT2D eigenvalue weighted by Crippen LogP contribution is -2.40. The van der Waals surface area contributed by atoms with Gasteiger partial charge in [-0.05, 0) is 42.9 Å². The lowest BCUT2D eigenvalue weighted by Gasteiger charge is -2.31. The number of rotatable bonds is 5. The van der Waals surface area contributed by atoms with Gasteiger partial charge in [0.1, 0.15) is 11.0 Å². The van der Waals surface area contributed by atoms with Crippen molar-refractivity contribution in [3.8, 4) is 0 Å². The van der Waals surface area contributed by atoms with Gasteiger partial charge in [-0.2, -0.15) is 0 Å². The van der Waals surface area contributed by atoms with Gasteiger partial charge in [0.25, 0.3) is 0 Å². The highest BCUT2D eigenvalue weighted by Crippen LogP contribution is 2.67. The summed E-state index contributed by atoms with van der Waals surface area (Å²) >= 11 is 3.47. The largest absolute Gasteiger partial charge is 0.468 e. The summed E-state index contributed by atoms with van der Waals surface area (Å²) in [7, 11) is -0.471. The van der Waals surface area contributed by atoms with Crippen LogP contribution in [0.1, 0.15) is 17.5 Å². The van der Waals surface area contributed by atoms with Gasteiger partial charge in [0, 0.05) is 10.9 Å². The van der Waals surface area contributed by atoms with Crippen molar-refractivity contribution in [3.05, 3.63) is 70.2 Å². The summed E-state index contributed by atoms with van der Waals surface area (Å²) in [6.45, 7) is 6.46. The average molecular weight is 419 g/mol. The number of ether oxygens (including phenoxy) is 1. The minimum Gasteiger partial charge on any atom is -0.468 e. The zero-order chi connectivity index (χ0) is 18.3. The molecule has 0 aliphatic heterocycles. The molecule has 0 N–H and O–H groups in total. The summed E-state index contributed by atoms with van der Waals surface area (Å²) in [5, 5.41) is 0. The van der Waals surface area contributed by atoms with Crippen LogP contribution in [0.25, 0.3) is 0 Å². The molecular weight excluding hydrogens is 396 g/mol. The molecule has 132 valence electrons. The van der Waals surface area contributed by atoms with E-state index in [1.54, 1.807) is 0 Å². The first-order chi connectivity index (χ1) is 11.7. The Morgan fingerprint density at radius 1 is 1.00 bits per heavy atom. The van der Waals surface area contributed by atoms with Crippen LogP contribution in [0.4, 0.5) is 0 Å². The molecule has 0 aromatic heterocycles. The molecule has 0 spiro atoms. The number of esters is 1. The predicted molar refractivity (Wildman–Crippen MR) is 105 cm³/mol. The quantitative estimate of drug-likeness (QED) is 0.505. The summed E-state index contributed by atoms with van der Waals surface area (Å²) in [6.07, 6.45) is 0.600. The molecule has 2 aromatic carbocycles. The molecule has 2 aromatic rings. The maximum Gasteiger partial charge on any atom is 0.319 e. The van der Waals surface area contributed by atoms with E-state index in [1.807, 2.05) is 54.6 Å². The van der Waals surface area contributed by atoms with E-state index in [4.69, 9.17) is 9.16 Å². The number of hydrogen-bond acceptors (Lipinski definition) is 3. The molecule has 3 nitrogen and oxygen atoms in total. The van der Waals surface area contributed by atoms with Crippen molar-refractivity contribution in [1.82, 2.24) is 0 Å². The van der Waals surface area contributed by atoms with E-state index in [0.717, 1.165) is 15.6 Å². The first kappa shape index (κ1) is 18.4. The van der Waals surface area contributed by atoms with Gasteiger partial charge in [0.05, 0.1) is 7.11 Å². The number of benzene rings is 2. The van der Waals surface area contributed by atoms with Crippen LogP contribution >= 0.6 is 15.9 Å². The Morgan fingerprint density at radius 3 is 2.12 bits per heavy atom. The third kappa shape index (κ3) is 3.09. The Morgan fingerprint density at radius 2 is 1.60 bits per heavy atom. The molecule has 2 atom stereocenters. The van der Waals surface area contributed by atoms with Crippen molar-refractivity contribution in [2.45, 2.75) is 37.1 Å². The highest BCUT2D eigenvalue weighted by molar-refractivity contribution is 9.10. The first-order valence-corrected chi connectivity index (χ1v) is 12.6. The molecule has 1 aliphatic rings. The summed E-state index contributed by atoms with van der Waals surface area (Å²) in [6, 6.07) is 17.9. The number of methoxy groups -OCH3 is 1. The standard InChI is InChI=1S/C20H23BrO3Si/c1-23-18(22)19(15-10-12-17(21)13-11-15)14-20(19,24-25(2,3)4)16-8-6-5-7-9-16/h5-13H,14H2,1-4H3/t19-,20+/m1/s1. The van der Waals surface area contributed by atoms with E-state index in [2.05, 4.69) is 35.6 Å². The molecule has 0 bridgehead atoms. The lowest BCUT2D eigenvalue weighted by molar-refractivity contribution is -0.145. The number of hydrogen-bond donors (Lipinski definition) is 0. The summed E-state index contributed by atoms with van der Waals surface area (Å²) in [4.78, 5) is 13.0. The van der Waals surface area contributed by atoms with Crippen molar-refractivity contribution in [1.29, 1.82) is 0 Å². The normalized spacial score (nSPS) is 25.5. The second kappa shape index (κ2) is 6.38. The van der Waals surface area contributed by atoms with E-state index in [0.29, 0.717) is 6.42 Å². The predicted octanol–water partition coefficient (Wildman–Crippen LogP) is 5.01. The molecule has 0 unspecified atom stereocenters. The topological polar surface area (TPSA) is 35.5 Å². The fourth-order valence-electron chi connectivity index (χ4n) is 3.69. The highest BCUT2D eigenvalue weighted by atomic mass is 79.9. The third-order valence-corrected chi connectivity index (χ3v) is 6.16. The summed E-state index contributed by atoms with van der Waals surface area (Å²) in [5.41, 5.74) is 0.499. The number of halogens is 1. The van der Waals surface area contributed by atoms with Crippen molar-refractivity contribution >= 4 is 30.2 Å². The highest BCUT2D eigenvalue weighted by Gasteiger charge is 2.76. The third-order valence-electron chi connectivity index (χ3n) is 4.67. The smallest absolute Gasteiger partial charge is 0.319 e. The molecule has 0 heterocycles. The molecule has 1 aliphatic carbocycles. The Hall–Kier alpha value is -1.43. The fourth-order valence-corrected chi connectivity index (χ4v) is 5.36.